The molecular weight excluding hydrogens is 422 g/mol. The number of esters is 1. The molecule has 4 rings (SSSR count). The van der Waals surface area contributed by atoms with Gasteiger partial charge in [-0.15, -0.1) is 0 Å². The highest BCUT2D eigenvalue weighted by molar-refractivity contribution is 6.32. The van der Waals surface area contributed by atoms with Gasteiger partial charge < -0.3 is 24.3 Å². The van der Waals surface area contributed by atoms with Crippen molar-refractivity contribution in [3.63, 3.8) is 0 Å². The number of carbonyl (C=O) groups is 2. The number of amides is 1. The maximum absolute atomic E-state index is 13.0. The third-order valence-electron chi connectivity index (χ3n) is 4.59. The Balaban J connectivity index is 1.56. The van der Waals surface area contributed by atoms with Crippen LogP contribution in [0.5, 0.6) is 17.2 Å². The van der Waals surface area contributed by atoms with Crippen LogP contribution in [0.4, 0.5) is 5.69 Å². The summed E-state index contributed by atoms with van der Waals surface area (Å²) in [7, 11) is 1.50. The average Bonchev–Trinajstić information content (AvgIpc) is 3.26. The SMILES string of the molecule is COc1ccc(NC(=O)[C@@H](OC(=O)c2ccc3c(c2)OCO3)c2ccccc2)cc1Cl. The first-order valence-electron chi connectivity index (χ1n) is 9.35. The molecule has 0 unspecified atom stereocenters. The van der Waals surface area contributed by atoms with Gasteiger partial charge in [0.05, 0.1) is 17.7 Å². The molecule has 8 heteroatoms. The van der Waals surface area contributed by atoms with Gasteiger partial charge in [0.15, 0.2) is 11.5 Å². The third-order valence-corrected chi connectivity index (χ3v) is 4.89. The van der Waals surface area contributed by atoms with Crippen LogP contribution in [0.1, 0.15) is 22.0 Å². The largest absolute Gasteiger partial charge is 0.495 e. The van der Waals surface area contributed by atoms with Crippen molar-refractivity contribution in [1.82, 2.24) is 0 Å². The number of benzene rings is 3. The summed E-state index contributed by atoms with van der Waals surface area (Å²) in [5.74, 6) is 0.276. The van der Waals surface area contributed by atoms with E-state index in [4.69, 9.17) is 30.5 Å². The summed E-state index contributed by atoms with van der Waals surface area (Å²) >= 11 is 6.14. The topological polar surface area (TPSA) is 83.1 Å². The van der Waals surface area contributed by atoms with E-state index in [9.17, 15) is 9.59 Å². The Bertz CT molecular complexity index is 1120. The van der Waals surface area contributed by atoms with E-state index in [0.717, 1.165) is 0 Å². The molecule has 0 spiro atoms. The fourth-order valence-electron chi connectivity index (χ4n) is 3.05. The first kappa shape index (κ1) is 20.6. The van der Waals surface area contributed by atoms with Crippen LogP contribution in [0.15, 0.2) is 66.7 Å². The number of nitrogens with one attached hydrogen (secondary N) is 1. The maximum atomic E-state index is 13.0. The number of carbonyl (C=O) groups excluding carboxylic acids is 2. The molecule has 0 saturated carbocycles. The van der Waals surface area contributed by atoms with Crippen LogP contribution in [0.25, 0.3) is 0 Å². The second-order valence-electron chi connectivity index (χ2n) is 6.60. The van der Waals surface area contributed by atoms with E-state index >= 15 is 0 Å². The highest BCUT2D eigenvalue weighted by Gasteiger charge is 2.27. The number of halogens is 1. The van der Waals surface area contributed by atoms with Crippen molar-refractivity contribution >= 4 is 29.2 Å². The Morgan fingerprint density at radius 2 is 1.77 bits per heavy atom. The van der Waals surface area contributed by atoms with Crippen LogP contribution >= 0.6 is 11.6 Å². The van der Waals surface area contributed by atoms with Crippen molar-refractivity contribution in [1.29, 1.82) is 0 Å². The Labute approximate surface area is 183 Å². The smallest absolute Gasteiger partial charge is 0.339 e. The van der Waals surface area contributed by atoms with Gasteiger partial charge in [-0.25, -0.2) is 4.79 Å². The Morgan fingerprint density at radius 1 is 1.00 bits per heavy atom. The number of rotatable bonds is 6. The number of anilines is 1. The molecule has 0 bridgehead atoms. The minimum absolute atomic E-state index is 0.0906. The maximum Gasteiger partial charge on any atom is 0.339 e. The standard InChI is InChI=1S/C23H18ClNO6/c1-28-18-10-8-16(12-17(18)24)25-22(26)21(14-5-3-2-4-6-14)31-23(27)15-7-9-19-20(11-15)30-13-29-19/h2-12,21H,13H2,1H3,(H,25,26)/t21-/m0/s1. The number of fused-ring (bicyclic) bond motifs is 1. The summed E-state index contributed by atoms with van der Waals surface area (Å²) in [5, 5.41) is 3.07. The predicted octanol–water partition coefficient (Wildman–Crippen LogP) is 4.61. The van der Waals surface area contributed by atoms with Crippen molar-refractivity contribution in [2.45, 2.75) is 6.10 Å². The van der Waals surface area contributed by atoms with Gasteiger partial charge >= 0.3 is 5.97 Å². The van der Waals surface area contributed by atoms with Crippen molar-refractivity contribution in [2.75, 3.05) is 19.2 Å². The zero-order valence-electron chi connectivity index (χ0n) is 16.5. The van der Waals surface area contributed by atoms with Gasteiger partial charge in [-0.2, -0.15) is 0 Å². The van der Waals surface area contributed by atoms with Crippen LogP contribution in [0.2, 0.25) is 5.02 Å². The Hall–Kier alpha value is -3.71. The highest BCUT2D eigenvalue weighted by atomic mass is 35.5. The molecule has 1 atom stereocenters. The first-order valence-corrected chi connectivity index (χ1v) is 9.73. The monoisotopic (exact) mass is 439 g/mol. The minimum atomic E-state index is -1.18. The minimum Gasteiger partial charge on any atom is -0.495 e. The van der Waals surface area contributed by atoms with E-state index in [1.165, 1.54) is 13.2 Å². The molecule has 3 aromatic rings. The molecule has 158 valence electrons. The van der Waals surface area contributed by atoms with Gasteiger partial charge in [-0.05, 0) is 36.4 Å². The molecule has 0 aromatic heterocycles. The van der Waals surface area contributed by atoms with E-state index in [-0.39, 0.29) is 12.4 Å². The molecule has 3 aromatic carbocycles. The third kappa shape index (κ3) is 4.57. The fourth-order valence-corrected chi connectivity index (χ4v) is 3.31. The zero-order chi connectivity index (χ0) is 21.8. The molecule has 0 saturated heterocycles. The summed E-state index contributed by atoms with van der Waals surface area (Å²) in [4.78, 5) is 25.8. The lowest BCUT2D eigenvalue weighted by Gasteiger charge is -2.18. The van der Waals surface area contributed by atoms with E-state index in [0.29, 0.717) is 33.5 Å². The lowest BCUT2D eigenvalue weighted by molar-refractivity contribution is -0.125. The molecule has 1 heterocycles. The highest BCUT2D eigenvalue weighted by Crippen LogP contribution is 2.33. The van der Waals surface area contributed by atoms with E-state index in [2.05, 4.69) is 5.32 Å². The molecule has 1 aliphatic heterocycles. The van der Waals surface area contributed by atoms with E-state index in [1.807, 2.05) is 0 Å². The van der Waals surface area contributed by atoms with Crippen molar-refractivity contribution in [3.8, 4) is 17.2 Å². The quantitative estimate of drug-likeness (QED) is 0.564. The van der Waals surface area contributed by atoms with Crippen LogP contribution in [-0.4, -0.2) is 25.8 Å². The lowest BCUT2D eigenvalue weighted by Crippen LogP contribution is -2.26. The number of hydrogen-bond donors (Lipinski definition) is 1. The number of hydrogen-bond acceptors (Lipinski definition) is 6. The average molecular weight is 440 g/mol. The molecule has 1 amide bonds. The van der Waals surface area contributed by atoms with Gasteiger partial charge in [0, 0.05) is 11.3 Å². The molecular formula is C23H18ClNO6. The normalized spacial score (nSPS) is 12.7. The van der Waals surface area contributed by atoms with Gasteiger partial charge in [0.1, 0.15) is 5.75 Å². The van der Waals surface area contributed by atoms with Gasteiger partial charge in [0.25, 0.3) is 5.91 Å². The van der Waals surface area contributed by atoms with Gasteiger partial charge in [0.2, 0.25) is 12.9 Å². The lowest BCUT2D eigenvalue weighted by atomic mass is 10.1. The molecule has 0 aliphatic carbocycles. The van der Waals surface area contributed by atoms with E-state index < -0.39 is 18.0 Å². The molecule has 31 heavy (non-hydrogen) atoms. The molecule has 1 N–H and O–H groups in total. The number of ether oxygens (including phenoxy) is 4. The predicted molar refractivity (Wildman–Crippen MR) is 114 cm³/mol. The second-order valence-corrected chi connectivity index (χ2v) is 7.01. The molecule has 0 fully saturated rings. The summed E-state index contributed by atoms with van der Waals surface area (Å²) in [6.07, 6.45) is -1.18. The molecule has 7 nitrogen and oxygen atoms in total. The Morgan fingerprint density at radius 3 is 2.52 bits per heavy atom. The Kier molecular flexibility index (Phi) is 5.95. The summed E-state index contributed by atoms with van der Waals surface area (Å²) in [5.41, 5.74) is 1.20. The van der Waals surface area contributed by atoms with Crippen LogP contribution in [0.3, 0.4) is 0 Å². The molecule has 1 aliphatic rings. The molecule has 0 radical (unpaired) electrons. The van der Waals surface area contributed by atoms with Crippen molar-refractivity contribution in [3.05, 3.63) is 82.9 Å². The van der Waals surface area contributed by atoms with Crippen molar-refractivity contribution in [2.24, 2.45) is 0 Å². The van der Waals surface area contributed by atoms with Crippen molar-refractivity contribution < 1.29 is 28.5 Å². The number of methoxy groups -OCH3 is 1. The zero-order valence-corrected chi connectivity index (χ0v) is 17.2. The fraction of sp³-hybridized carbons (Fsp3) is 0.130. The van der Waals surface area contributed by atoms with Gasteiger partial charge in [-0.1, -0.05) is 41.9 Å². The van der Waals surface area contributed by atoms with Crippen LogP contribution in [0, 0.1) is 0 Å². The summed E-state index contributed by atoms with van der Waals surface area (Å²) in [6, 6.07) is 18.3. The summed E-state index contributed by atoms with van der Waals surface area (Å²) in [6.45, 7) is 0.0906. The van der Waals surface area contributed by atoms with Gasteiger partial charge in [-0.3, -0.25) is 4.79 Å². The van der Waals surface area contributed by atoms with E-state index in [1.54, 1.807) is 60.7 Å². The van der Waals surface area contributed by atoms with Crippen LogP contribution < -0.4 is 19.5 Å². The second kappa shape index (κ2) is 8.97. The first-order chi connectivity index (χ1) is 15.0. The van der Waals surface area contributed by atoms with Crippen LogP contribution in [-0.2, 0) is 9.53 Å². The summed E-state index contributed by atoms with van der Waals surface area (Å²) < 4.78 is 21.3.